The van der Waals surface area contributed by atoms with Crippen molar-refractivity contribution in [3.63, 3.8) is 0 Å². The van der Waals surface area contributed by atoms with Crippen molar-refractivity contribution in [2.75, 3.05) is 52.8 Å². The van der Waals surface area contributed by atoms with Crippen molar-refractivity contribution in [1.82, 2.24) is 0 Å². The summed E-state index contributed by atoms with van der Waals surface area (Å²) in [6.45, 7) is 5.58. The Labute approximate surface area is 127 Å². The van der Waals surface area contributed by atoms with E-state index in [0.29, 0.717) is 59.4 Å². The number of hydrogen-bond donors (Lipinski definition) is 1. The third-order valence-corrected chi connectivity index (χ3v) is 2.70. The summed E-state index contributed by atoms with van der Waals surface area (Å²) in [6.07, 6.45) is 0.895. The average Bonchev–Trinajstić information content (AvgIpc) is 2.53. The Kier molecular flexibility index (Phi) is 12.0. The van der Waals surface area contributed by atoms with E-state index in [-0.39, 0.29) is 0 Å². The zero-order valence-corrected chi connectivity index (χ0v) is 12.7. The molecule has 1 aromatic rings. The fraction of sp³-hybridized carbons (Fsp3) is 0.625. The largest absolute Gasteiger partial charge is 0.379 e. The molecule has 5 heteroatoms. The standard InChI is InChI=1S/C16H27NO4/c17-7-10-19-12-14-20-13-11-18-8-4-9-21-15-16-5-2-1-3-6-16/h1-3,5-6H,4,7-15,17H2. The minimum Gasteiger partial charge on any atom is -0.379 e. The number of ether oxygens (including phenoxy) is 4. The fourth-order valence-corrected chi connectivity index (χ4v) is 1.65. The summed E-state index contributed by atoms with van der Waals surface area (Å²) in [5.74, 6) is 0. The third kappa shape index (κ3) is 11.4. The summed E-state index contributed by atoms with van der Waals surface area (Å²) < 4.78 is 21.5. The third-order valence-electron chi connectivity index (χ3n) is 2.70. The second-order valence-electron chi connectivity index (χ2n) is 4.52. The smallest absolute Gasteiger partial charge is 0.0716 e. The van der Waals surface area contributed by atoms with Gasteiger partial charge in [-0.05, 0) is 12.0 Å². The van der Waals surface area contributed by atoms with Gasteiger partial charge in [0.05, 0.1) is 39.6 Å². The summed E-state index contributed by atoms with van der Waals surface area (Å²) in [4.78, 5) is 0. The Bertz CT molecular complexity index is 321. The van der Waals surface area contributed by atoms with Crippen LogP contribution in [-0.2, 0) is 25.6 Å². The first-order chi connectivity index (χ1) is 10.4. The first-order valence-corrected chi connectivity index (χ1v) is 7.48. The Balaban J connectivity index is 1.75. The quantitative estimate of drug-likeness (QED) is 0.529. The summed E-state index contributed by atoms with van der Waals surface area (Å²) in [6, 6.07) is 10.2. The monoisotopic (exact) mass is 297 g/mol. The van der Waals surface area contributed by atoms with E-state index < -0.39 is 0 Å². The molecule has 0 unspecified atom stereocenters. The van der Waals surface area contributed by atoms with Crippen LogP contribution >= 0.6 is 0 Å². The van der Waals surface area contributed by atoms with Crippen molar-refractivity contribution in [3.8, 4) is 0 Å². The molecule has 0 aromatic heterocycles. The van der Waals surface area contributed by atoms with Gasteiger partial charge in [-0.15, -0.1) is 0 Å². The first-order valence-electron chi connectivity index (χ1n) is 7.48. The van der Waals surface area contributed by atoms with Crippen molar-refractivity contribution < 1.29 is 18.9 Å². The molecular formula is C16H27NO4. The molecule has 0 amide bonds. The van der Waals surface area contributed by atoms with Gasteiger partial charge in [0.1, 0.15) is 0 Å². The molecule has 0 saturated carbocycles. The summed E-state index contributed by atoms with van der Waals surface area (Å²) in [7, 11) is 0. The van der Waals surface area contributed by atoms with Crippen LogP contribution in [0, 0.1) is 0 Å². The van der Waals surface area contributed by atoms with Gasteiger partial charge in [0, 0.05) is 19.8 Å². The molecular weight excluding hydrogens is 270 g/mol. The highest BCUT2D eigenvalue weighted by atomic mass is 16.5. The molecule has 1 aromatic carbocycles. The maximum atomic E-state index is 5.56. The zero-order chi connectivity index (χ0) is 15.0. The molecule has 0 aliphatic heterocycles. The number of nitrogens with two attached hydrogens (primary N) is 1. The molecule has 0 radical (unpaired) electrons. The van der Waals surface area contributed by atoms with E-state index in [1.54, 1.807) is 0 Å². The molecule has 0 saturated heterocycles. The van der Waals surface area contributed by atoms with E-state index in [1.165, 1.54) is 5.56 Å². The van der Waals surface area contributed by atoms with Crippen LogP contribution in [0.15, 0.2) is 30.3 Å². The fourth-order valence-electron chi connectivity index (χ4n) is 1.65. The number of benzene rings is 1. The molecule has 21 heavy (non-hydrogen) atoms. The molecule has 0 aliphatic rings. The molecule has 0 bridgehead atoms. The molecule has 0 spiro atoms. The lowest BCUT2D eigenvalue weighted by molar-refractivity contribution is 0.0103. The Morgan fingerprint density at radius 3 is 1.90 bits per heavy atom. The topological polar surface area (TPSA) is 62.9 Å². The lowest BCUT2D eigenvalue weighted by atomic mass is 10.2. The highest BCUT2D eigenvalue weighted by Gasteiger charge is 1.94. The van der Waals surface area contributed by atoms with E-state index in [1.807, 2.05) is 18.2 Å². The van der Waals surface area contributed by atoms with Gasteiger partial charge in [-0.25, -0.2) is 0 Å². The van der Waals surface area contributed by atoms with Crippen LogP contribution in [0.25, 0.3) is 0 Å². The van der Waals surface area contributed by atoms with Gasteiger partial charge in [-0.3, -0.25) is 0 Å². The van der Waals surface area contributed by atoms with Gasteiger partial charge in [-0.1, -0.05) is 30.3 Å². The average molecular weight is 297 g/mol. The Hall–Kier alpha value is -0.980. The van der Waals surface area contributed by atoms with Crippen LogP contribution in [0.4, 0.5) is 0 Å². The zero-order valence-electron chi connectivity index (χ0n) is 12.7. The Morgan fingerprint density at radius 2 is 1.24 bits per heavy atom. The van der Waals surface area contributed by atoms with E-state index in [0.717, 1.165) is 6.42 Å². The van der Waals surface area contributed by atoms with Crippen molar-refractivity contribution >= 4 is 0 Å². The van der Waals surface area contributed by atoms with Crippen LogP contribution in [0.2, 0.25) is 0 Å². The predicted molar refractivity (Wildman–Crippen MR) is 82.2 cm³/mol. The SMILES string of the molecule is NCCOCCOCCOCCCOCc1ccccc1. The van der Waals surface area contributed by atoms with Crippen molar-refractivity contribution in [1.29, 1.82) is 0 Å². The second kappa shape index (κ2) is 14.0. The minimum atomic E-state index is 0.551. The van der Waals surface area contributed by atoms with Crippen LogP contribution in [0.3, 0.4) is 0 Å². The van der Waals surface area contributed by atoms with Gasteiger partial charge in [-0.2, -0.15) is 0 Å². The minimum absolute atomic E-state index is 0.551. The van der Waals surface area contributed by atoms with E-state index in [9.17, 15) is 0 Å². The van der Waals surface area contributed by atoms with Crippen LogP contribution < -0.4 is 5.73 Å². The lowest BCUT2D eigenvalue weighted by Crippen LogP contribution is -2.13. The van der Waals surface area contributed by atoms with Crippen molar-refractivity contribution in [2.45, 2.75) is 13.0 Å². The number of rotatable bonds is 14. The predicted octanol–water partition coefficient (Wildman–Crippen LogP) is 1.60. The number of hydrogen-bond acceptors (Lipinski definition) is 5. The normalized spacial score (nSPS) is 10.9. The maximum absolute atomic E-state index is 5.56. The van der Waals surface area contributed by atoms with Crippen molar-refractivity contribution in [2.24, 2.45) is 5.73 Å². The molecule has 0 fully saturated rings. The van der Waals surface area contributed by atoms with Gasteiger partial charge >= 0.3 is 0 Å². The summed E-state index contributed by atoms with van der Waals surface area (Å²) in [5.41, 5.74) is 6.49. The van der Waals surface area contributed by atoms with Gasteiger partial charge in [0.2, 0.25) is 0 Å². The summed E-state index contributed by atoms with van der Waals surface area (Å²) >= 11 is 0. The van der Waals surface area contributed by atoms with Crippen LogP contribution in [0.5, 0.6) is 0 Å². The molecule has 0 atom stereocenters. The van der Waals surface area contributed by atoms with E-state index in [4.69, 9.17) is 24.7 Å². The molecule has 1 rings (SSSR count). The van der Waals surface area contributed by atoms with E-state index >= 15 is 0 Å². The first kappa shape index (κ1) is 18.1. The summed E-state index contributed by atoms with van der Waals surface area (Å²) in [5, 5.41) is 0. The van der Waals surface area contributed by atoms with Crippen molar-refractivity contribution in [3.05, 3.63) is 35.9 Å². The van der Waals surface area contributed by atoms with Gasteiger partial charge < -0.3 is 24.7 Å². The molecule has 0 aliphatic carbocycles. The highest BCUT2D eigenvalue weighted by Crippen LogP contribution is 2.00. The Morgan fingerprint density at radius 1 is 0.667 bits per heavy atom. The van der Waals surface area contributed by atoms with Gasteiger partial charge in [0.25, 0.3) is 0 Å². The second-order valence-corrected chi connectivity index (χ2v) is 4.52. The molecule has 5 nitrogen and oxygen atoms in total. The lowest BCUT2D eigenvalue weighted by Gasteiger charge is -2.07. The highest BCUT2D eigenvalue weighted by molar-refractivity contribution is 5.13. The molecule has 120 valence electrons. The van der Waals surface area contributed by atoms with Crippen LogP contribution in [-0.4, -0.2) is 52.8 Å². The van der Waals surface area contributed by atoms with E-state index in [2.05, 4.69) is 12.1 Å². The molecule has 0 heterocycles. The van der Waals surface area contributed by atoms with Crippen LogP contribution in [0.1, 0.15) is 12.0 Å². The molecule has 2 N–H and O–H groups in total. The maximum Gasteiger partial charge on any atom is 0.0716 e. The van der Waals surface area contributed by atoms with Gasteiger partial charge in [0.15, 0.2) is 0 Å².